The van der Waals surface area contributed by atoms with Crippen LogP contribution in [-0.4, -0.2) is 123 Å². The van der Waals surface area contributed by atoms with Gasteiger partial charge in [0.2, 0.25) is 5.91 Å². The summed E-state index contributed by atoms with van der Waals surface area (Å²) >= 11 is 1.63. The number of piperazine rings is 1. The average molecular weight is 599 g/mol. The molecule has 3 fully saturated rings. The lowest BCUT2D eigenvalue weighted by Gasteiger charge is -2.34. The van der Waals surface area contributed by atoms with Crippen LogP contribution in [0.25, 0.3) is 11.3 Å². The summed E-state index contributed by atoms with van der Waals surface area (Å²) < 4.78 is 10.9. The number of anilines is 1. The predicted molar refractivity (Wildman–Crippen MR) is 162 cm³/mol. The standard InChI is InChI=1S/C30H42N6O5S/c1-5-19(2)25(29(39)36-16-22(31-3)27-26(36)24(37)17-41-27)33-28(38)21-8-6-20(7-9-21)23-18-42-30(32-23)35-12-10-34(11-13-35)14-15-40-4/h6-9,18-19,22,25-27,31H,5,10-17H2,1-4H3,(H,33,38)/t19-,22-,25-,26+,27+/m0/s1. The zero-order valence-electron chi connectivity index (χ0n) is 24.9. The van der Waals surface area contributed by atoms with E-state index in [4.69, 9.17) is 14.5 Å². The van der Waals surface area contributed by atoms with Gasteiger partial charge in [0.05, 0.1) is 18.3 Å². The second-order valence-corrected chi connectivity index (χ2v) is 12.2. The molecule has 0 spiro atoms. The smallest absolute Gasteiger partial charge is 0.251 e. The third-order valence-corrected chi connectivity index (χ3v) is 9.70. The van der Waals surface area contributed by atoms with Crippen LogP contribution in [-0.2, 0) is 19.1 Å². The van der Waals surface area contributed by atoms with E-state index in [1.54, 1.807) is 42.5 Å². The molecule has 1 aromatic carbocycles. The zero-order chi connectivity index (χ0) is 29.8. The van der Waals surface area contributed by atoms with Crippen LogP contribution in [0, 0.1) is 5.92 Å². The molecule has 12 heteroatoms. The third kappa shape index (κ3) is 6.37. The summed E-state index contributed by atoms with van der Waals surface area (Å²) in [5.41, 5.74) is 2.28. The Morgan fingerprint density at radius 3 is 2.60 bits per heavy atom. The maximum atomic E-state index is 13.8. The Hall–Kier alpha value is -2.90. The molecule has 5 atom stereocenters. The lowest BCUT2D eigenvalue weighted by atomic mass is 9.96. The summed E-state index contributed by atoms with van der Waals surface area (Å²) in [6.45, 7) is 9.85. The van der Waals surface area contributed by atoms with E-state index in [1.807, 2.05) is 26.0 Å². The largest absolute Gasteiger partial charge is 0.383 e. The Bertz CT molecular complexity index is 1250. The van der Waals surface area contributed by atoms with Crippen LogP contribution in [0.5, 0.6) is 0 Å². The molecule has 228 valence electrons. The van der Waals surface area contributed by atoms with E-state index in [0.717, 1.165) is 55.7 Å². The van der Waals surface area contributed by atoms with Crippen LogP contribution >= 0.6 is 11.3 Å². The molecule has 1 aromatic heterocycles. The first kappa shape index (κ1) is 30.6. The van der Waals surface area contributed by atoms with E-state index in [1.165, 1.54) is 0 Å². The number of carbonyl (C=O) groups excluding carboxylic acids is 3. The molecule has 0 bridgehead atoms. The number of likely N-dealkylation sites (tertiary alicyclic amines) is 1. The highest BCUT2D eigenvalue weighted by Crippen LogP contribution is 2.30. The number of carbonyl (C=O) groups is 3. The summed E-state index contributed by atoms with van der Waals surface area (Å²) in [6.07, 6.45) is 0.343. The molecule has 2 N–H and O–H groups in total. The highest BCUT2D eigenvalue weighted by molar-refractivity contribution is 7.14. The first-order valence-electron chi connectivity index (χ1n) is 14.8. The maximum absolute atomic E-state index is 13.8. The van der Waals surface area contributed by atoms with Crippen molar-refractivity contribution in [3.63, 3.8) is 0 Å². The molecule has 2 amide bonds. The molecule has 5 rings (SSSR count). The Balaban J connectivity index is 1.22. The number of thiazole rings is 1. The van der Waals surface area contributed by atoms with Gasteiger partial charge in [-0.3, -0.25) is 19.3 Å². The SMILES string of the molecule is CC[C@H](C)[C@H](NC(=O)c1ccc(-c2csc(N3CCN(CCOC)CC3)n2)cc1)C(=O)N1C[C@H](NC)[C@H]2OCC(=O)[C@H]21. The van der Waals surface area contributed by atoms with Gasteiger partial charge >= 0.3 is 0 Å². The van der Waals surface area contributed by atoms with Gasteiger partial charge in [0, 0.05) is 62.9 Å². The number of rotatable bonds is 11. The van der Waals surface area contributed by atoms with Crippen molar-refractivity contribution in [2.75, 3.05) is 71.5 Å². The number of fused-ring (bicyclic) bond motifs is 1. The van der Waals surface area contributed by atoms with Gasteiger partial charge in [0.1, 0.15) is 24.8 Å². The molecule has 3 aliphatic rings. The third-order valence-electron chi connectivity index (χ3n) is 8.79. The molecule has 3 aliphatic heterocycles. The van der Waals surface area contributed by atoms with E-state index in [9.17, 15) is 14.4 Å². The second-order valence-electron chi connectivity index (χ2n) is 11.3. The fourth-order valence-corrected chi connectivity index (χ4v) is 6.83. The number of benzene rings is 1. The molecule has 42 heavy (non-hydrogen) atoms. The Morgan fingerprint density at radius 1 is 1.19 bits per heavy atom. The van der Waals surface area contributed by atoms with Crippen LogP contribution < -0.4 is 15.5 Å². The summed E-state index contributed by atoms with van der Waals surface area (Å²) in [4.78, 5) is 50.9. The van der Waals surface area contributed by atoms with Crippen molar-refractivity contribution in [1.82, 2.24) is 25.4 Å². The van der Waals surface area contributed by atoms with Gasteiger partial charge in [0.25, 0.3) is 5.91 Å². The van der Waals surface area contributed by atoms with Crippen LogP contribution in [0.2, 0.25) is 0 Å². The molecule has 2 aromatic rings. The Labute approximate surface area is 251 Å². The van der Waals surface area contributed by atoms with Crippen molar-refractivity contribution in [2.24, 2.45) is 5.92 Å². The summed E-state index contributed by atoms with van der Waals surface area (Å²) in [5, 5.41) is 9.20. The first-order chi connectivity index (χ1) is 20.3. The lowest BCUT2D eigenvalue weighted by molar-refractivity contribution is -0.139. The minimum atomic E-state index is -0.747. The fraction of sp³-hybridized carbons (Fsp3) is 0.600. The van der Waals surface area contributed by atoms with E-state index in [2.05, 4.69) is 25.8 Å². The van der Waals surface area contributed by atoms with Gasteiger partial charge in [-0.1, -0.05) is 32.4 Å². The number of ketones is 1. The zero-order valence-corrected chi connectivity index (χ0v) is 25.7. The lowest BCUT2D eigenvalue weighted by Crippen LogP contribution is -2.54. The van der Waals surface area contributed by atoms with Gasteiger partial charge in [-0.2, -0.15) is 0 Å². The van der Waals surface area contributed by atoms with Crippen molar-refractivity contribution in [1.29, 1.82) is 0 Å². The molecule has 0 radical (unpaired) electrons. The number of methoxy groups -OCH3 is 1. The molecule has 0 saturated carbocycles. The number of aromatic nitrogens is 1. The average Bonchev–Trinajstić information content (AvgIpc) is 3.75. The minimum Gasteiger partial charge on any atom is -0.383 e. The highest BCUT2D eigenvalue weighted by Gasteiger charge is 2.53. The quantitative estimate of drug-likeness (QED) is 0.397. The molecule has 4 heterocycles. The number of hydrogen-bond donors (Lipinski definition) is 2. The molecule has 0 unspecified atom stereocenters. The van der Waals surface area contributed by atoms with Crippen molar-refractivity contribution >= 4 is 34.1 Å². The van der Waals surface area contributed by atoms with Crippen LogP contribution in [0.15, 0.2) is 29.6 Å². The van der Waals surface area contributed by atoms with E-state index < -0.39 is 12.1 Å². The van der Waals surface area contributed by atoms with Crippen LogP contribution in [0.1, 0.15) is 30.6 Å². The number of Topliss-reactive ketones (excluding diaryl/α,β-unsaturated/α-hetero) is 1. The van der Waals surface area contributed by atoms with Crippen LogP contribution in [0.3, 0.4) is 0 Å². The number of amides is 2. The van der Waals surface area contributed by atoms with Crippen molar-refractivity contribution in [3.05, 3.63) is 35.2 Å². The van der Waals surface area contributed by atoms with E-state index >= 15 is 0 Å². The minimum absolute atomic E-state index is 0.00992. The van der Waals surface area contributed by atoms with Gasteiger partial charge < -0.3 is 29.9 Å². The van der Waals surface area contributed by atoms with Gasteiger partial charge in [-0.15, -0.1) is 11.3 Å². The van der Waals surface area contributed by atoms with Gasteiger partial charge in [-0.05, 0) is 25.1 Å². The maximum Gasteiger partial charge on any atom is 0.251 e. The van der Waals surface area contributed by atoms with E-state index in [-0.39, 0.29) is 42.3 Å². The number of ether oxygens (including phenoxy) is 2. The van der Waals surface area contributed by atoms with Crippen molar-refractivity contribution in [2.45, 2.75) is 44.5 Å². The second kappa shape index (κ2) is 13.6. The summed E-state index contributed by atoms with van der Waals surface area (Å²) in [5.74, 6) is -0.762. The Morgan fingerprint density at radius 2 is 1.93 bits per heavy atom. The van der Waals surface area contributed by atoms with Gasteiger partial charge in [-0.25, -0.2) is 4.98 Å². The Kier molecular flexibility index (Phi) is 9.89. The molecule has 11 nitrogen and oxygen atoms in total. The molecular weight excluding hydrogens is 556 g/mol. The van der Waals surface area contributed by atoms with Gasteiger partial charge in [0.15, 0.2) is 10.9 Å². The van der Waals surface area contributed by atoms with Crippen molar-refractivity contribution in [3.8, 4) is 11.3 Å². The number of nitrogens with one attached hydrogen (secondary N) is 2. The number of hydrogen-bond acceptors (Lipinski definition) is 10. The number of likely N-dealkylation sites (N-methyl/N-ethyl adjacent to an activating group) is 1. The normalized spacial score (nSPS) is 24.1. The molecule has 0 aliphatic carbocycles. The summed E-state index contributed by atoms with van der Waals surface area (Å²) in [6, 6.07) is 5.86. The first-order valence-corrected chi connectivity index (χ1v) is 15.7. The van der Waals surface area contributed by atoms with E-state index in [0.29, 0.717) is 18.5 Å². The monoisotopic (exact) mass is 598 g/mol. The number of nitrogens with zero attached hydrogens (tertiary/aromatic N) is 4. The topological polar surface area (TPSA) is 116 Å². The summed E-state index contributed by atoms with van der Waals surface area (Å²) in [7, 11) is 3.54. The fourth-order valence-electron chi connectivity index (χ4n) is 5.94. The van der Waals surface area contributed by atoms with Crippen molar-refractivity contribution < 1.29 is 23.9 Å². The van der Waals surface area contributed by atoms with Crippen LogP contribution in [0.4, 0.5) is 5.13 Å². The molecular formula is C30H42N6O5S. The predicted octanol–water partition coefficient (Wildman–Crippen LogP) is 1.49. The highest BCUT2D eigenvalue weighted by atomic mass is 32.1. The molecule has 3 saturated heterocycles.